The largest absolute Gasteiger partial charge is 0.394 e. The van der Waals surface area contributed by atoms with Crippen LogP contribution < -0.4 is 5.73 Å². The molecule has 0 aromatic carbocycles. The summed E-state index contributed by atoms with van der Waals surface area (Å²) < 4.78 is 19.8. The van der Waals surface area contributed by atoms with Crippen molar-refractivity contribution in [1.29, 1.82) is 0 Å². The zero-order valence-corrected chi connectivity index (χ0v) is 10.1. The van der Waals surface area contributed by atoms with Gasteiger partial charge in [-0.1, -0.05) is 0 Å². The van der Waals surface area contributed by atoms with Gasteiger partial charge in [-0.25, -0.2) is 19.3 Å². The van der Waals surface area contributed by atoms with Gasteiger partial charge in [-0.05, 0) is 0 Å². The second kappa shape index (κ2) is 5.43. The van der Waals surface area contributed by atoms with Gasteiger partial charge in [0.25, 0.3) is 0 Å². The Kier molecular flexibility index (Phi) is 3.88. The molecule has 19 heavy (non-hydrogen) atoms. The first-order valence-electron chi connectivity index (χ1n) is 5.49. The molecule has 8 nitrogen and oxygen atoms in total. The molecule has 2 rings (SSSR count). The van der Waals surface area contributed by atoms with E-state index >= 15 is 0 Å². The highest BCUT2D eigenvalue weighted by Crippen LogP contribution is 2.22. The molecule has 0 fully saturated rings. The van der Waals surface area contributed by atoms with Crippen molar-refractivity contribution in [2.75, 3.05) is 19.5 Å². The van der Waals surface area contributed by atoms with Crippen molar-refractivity contribution in [2.45, 2.75) is 18.5 Å². The number of halogens is 1. The minimum absolute atomic E-state index is 0.136. The lowest BCUT2D eigenvalue weighted by Gasteiger charge is -2.23. The molecule has 0 saturated carbocycles. The Morgan fingerprint density at radius 1 is 1.47 bits per heavy atom. The molecule has 0 bridgehead atoms. The predicted molar refractivity (Wildman–Crippen MR) is 63.8 cm³/mol. The first kappa shape index (κ1) is 13.6. The second-order valence-electron chi connectivity index (χ2n) is 3.90. The molecule has 0 aliphatic heterocycles. The molecule has 3 atom stereocenters. The van der Waals surface area contributed by atoms with Gasteiger partial charge in [0.05, 0.1) is 12.9 Å². The molecule has 0 radical (unpaired) electrons. The van der Waals surface area contributed by atoms with Crippen LogP contribution in [0.25, 0.3) is 11.2 Å². The third-order valence-corrected chi connectivity index (χ3v) is 2.79. The van der Waals surface area contributed by atoms with E-state index in [1.165, 1.54) is 19.8 Å². The number of methoxy groups -OCH3 is 1. The van der Waals surface area contributed by atoms with Gasteiger partial charge in [-0.15, -0.1) is 0 Å². The number of imidazole rings is 1. The summed E-state index contributed by atoms with van der Waals surface area (Å²) in [5, 5.41) is 18.9. The van der Waals surface area contributed by atoms with E-state index in [1.807, 2.05) is 0 Å². The van der Waals surface area contributed by atoms with Crippen LogP contribution in [0.4, 0.5) is 10.2 Å². The second-order valence-corrected chi connectivity index (χ2v) is 3.90. The lowest BCUT2D eigenvalue weighted by molar-refractivity contribution is -0.0792. The highest BCUT2D eigenvalue weighted by molar-refractivity contribution is 5.81. The summed E-state index contributed by atoms with van der Waals surface area (Å²) in [4.78, 5) is 11.6. The maximum atomic E-state index is 14.0. The number of hydrogen-bond donors (Lipinski definition) is 3. The van der Waals surface area contributed by atoms with Crippen molar-refractivity contribution in [3.8, 4) is 0 Å². The monoisotopic (exact) mass is 271 g/mol. The number of nitrogens with two attached hydrogens (primary N) is 1. The maximum Gasteiger partial charge on any atom is 0.173 e. The number of alkyl halides is 1. The van der Waals surface area contributed by atoms with Crippen LogP contribution in [0.15, 0.2) is 12.7 Å². The minimum Gasteiger partial charge on any atom is -0.394 e. The van der Waals surface area contributed by atoms with E-state index in [4.69, 9.17) is 15.6 Å². The SMILES string of the molecule is CO[C@H](CO)[C@@H](F)[C@@H](O)n1cnc2c(N)ncnc21. The molecule has 0 spiro atoms. The summed E-state index contributed by atoms with van der Waals surface area (Å²) in [5.41, 5.74) is 6.07. The van der Waals surface area contributed by atoms with E-state index in [0.29, 0.717) is 0 Å². The van der Waals surface area contributed by atoms with Crippen molar-refractivity contribution in [3.05, 3.63) is 12.7 Å². The Bertz CT molecular complexity index is 559. The van der Waals surface area contributed by atoms with Crippen LogP contribution in [0.5, 0.6) is 0 Å². The third kappa shape index (κ3) is 2.35. The van der Waals surface area contributed by atoms with E-state index in [0.717, 1.165) is 4.57 Å². The summed E-state index contributed by atoms with van der Waals surface area (Å²) in [5.74, 6) is 0.136. The predicted octanol–water partition coefficient (Wildman–Crippen LogP) is -0.755. The third-order valence-electron chi connectivity index (χ3n) is 2.79. The van der Waals surface area contributed by atoms with Crippen LogP contribution in [0, 0.1) is 0 Å². The summed E-state index contributed by atoms with van der Waals surface area (Å²) in [6.45, 7) is -0.557. The van der Waals surface area contributed by atoms with Gasteiger partial charge in [-0.3, -0.25) is 4.57 Å². The normalized spacial score (nSPS) is 16.4. The van der Waals surface area contributed by atoms with Gasteiger partial charge in [0.1, 0.15) is 17.9 Å². The molecule has 104 valence electrons. The Morgan fingerprint density at radius 2 is 2.21 bits per heavy atom. The first-order chi connectivity index (χ1) is 9.10. The van der Waals surface area contributed by atoms with Crippen molar-refractivity contribution < 1.29 is 19.3 Å². The summed E-state index contributed by atoms with van der Waals surface area (Å²) in [6, 6.07) is 0. The van der Waals surface area contributed by atoms with E-state index in [-0.39, 0.29) is 17.0 Å². The molecule has 4 N–H and O–H groups in total. The fourth-order valence-corrected chi connectivity index (χ4v) is 1.71. The molecule has 2 heterocycles. The number of aliphatic hydroxyl groups excluding tert-OH is 2. The average molecular weight is 271 g/mol. The number of hydrogen-bond acceptors (Lipinski definition) is 7. The van der Waals surface area contributed by atoms with Crippen LogP contribution in [-0.2, 0) is 4.74 Å². The molecule has 0 saturated heterocycles. The lowest BCUT2D eigenvalue weighted by Crippen LogP contribution is -2.35. The highest BCUT2D eigenvalue weighted by Gasteiger charge is 2.30. The van der Waals surface area contributed by atoms with Crippen molar-refractivity contribution in [1.82, 2.24) is 19.5 Å². The Balaban J connectivity index is 2.36. The average Bonchev–Trinajstić information content (AvgIpc) is 2.84. The van der Waals surface area contributed by atoms with Crippen LogP contribution in [0.2, 0.25) is 0 Å². The summed E-state index contributed by atoms with van der Waals surface area (Å²) in [6.07, 6.45) is -2.20. The molecule has 0 unspecified atom stereocenters. The minimum atomic E-state index is -1.84. The lowest BCUT2D eigenvalue weighted by atomic mass is 10.2. The quantitative estimate of drug-likeness (QED) is 0.654. The van der Waals surface area contributed by atoms with Gasteiger partial charge in [-0.2, -0.15) is 0 Å². The first-order valence-corrected chi connectivity index (χ1v) is 5.49. The molecule has 0 aliphatic carbocycles. The molecule has 0 aliphatic rings. The topological polar surface area (TPSA) is 119 Å². The Labute approximate surface area is 107 Å². The maximum absolute atomic E-state index is 14.0. The zero-order valence-electron chi connectivity index (χ0n) is 10.1. The number of nitrogens with zero attached hydrogens (tertiary/aromatic N) is 4. The number of nitrogen functional groups attached to an aromatic ring is 1. The van der Waals surface area contributed by atoms with Crippen LogP contribution in [-0.4, -0.2) is 55.7 Å². The number of anilines is 1. The van der Waals surface area contributed by atoms with Gasteiger partial charge in [0.2, 0.25) is 0 Å². The van der Waals surface area contributed by atoms with Crippen LogP contribution in [0.1, 0.15) is 6.23 Å². The van der Waals surface area contributed by atoms with E-state index in [9.17, 15) is 9.50 Å². The summed E-state index contributed by atoms with van der Waals surface area (Å²) in [7, 11) is 1.24. The van der Waals surface area contributed by atoms with E-state index < -0.39 is 25.1 Å². The molecule has 0 amide bonds. The number of fused-ring (bicyclic) bond motifs is 1. The number of rotatable bonds is 5. The molecular formula is C10H14FN5O3. The molecule has 2 aromatic rings. The Morgan fingerprint density at radius 3 is 2.84 bits per heavy atom. The number of aliphatic hydroxyl groups is 2. The van der Waals surface area contributed by atoms with Crippen LogP contribution >= 0.6 is 0 Å². The fourth-order valence-electron chi connectivity index (χ4n) is 1.71. The Hall–Kier alpha value is -1.84. The van der Waals surface area contributed by atoms with E-state index in [2.05, 4.69) is 15.0 Å². The summed E-state index contributed by atoms with van der Waals surface area (Å²) >= 11 is 0. The van der Waals surface area contributed by atoms with Gasteiger partial charge in [0, 0.05) is 7.11 Å². The van der Waals surface area contributed by atoms with Gasteiger partial charge >= 0.3 is 0 Å². The zero-order chi connectivity index (χ0) is 14.0. The van der Waals surface area contributed by atoms with Crippen molar-refractivity contribution in [2.24, 2.45) is 0 Å². The molecule has 9 heteroatoms. The van der Waals surface area contributed by atoms with E-state index in [1.54, 1.807) is 0 Å². The highest BCUT2D eigenvalue weighted by atomic mass is 19.1. The molecule has 2 aromatic heterocycles. The number of aromatic nitrogens is 4. The standard InChI is InChI=1S/C10H14FN5O3/c1-19-5(2-17)6(11)10(18)16-4-15-7-8(12)13-3-14-9(7)16/h3-6,10,17-18H,2H2,1H3,(H2,12,13,14)/t5-,6-,10-/m1/s1. The van der Waals surface area contributed by atoms with Crippen LogP contribution in [0.3, 0.4) is 0 Å². The smallest absolute Gasteiger partial charge is 0.173 e. The number of ether oxygens (including phenoxy) is 1. The van der Waals surface area contributed by atoms with Crippen molar-refractivity contribution in [3.63, 3.8) is 0 Å². The molecular weight excluding hydrogens is 257 g/mol. The van der Waals surface area contributed by atoms with Crippen molar-refractivity contribution >= 4 is 17.0 Å². The van der Waals surface area contributed by atoms with Gasteiger partial charge < -0.3 is 20.7 Å². The van der Waals surface area contributed by atoms with Gasteiger partial charge in [0.15, 0.2) is 23.9 Å². The fraction of sp³-hybridized carbons (Fsp3) is 0.500.